The van der Waals surface area contributed by atoms with Crippen LogP contribution in [0.15, 0.2) is 30.3 Å². The third-order valence-electron chi connectivity index (χ3n) is 6.79. The Morgan fingerprint density at radius 2 is 1.75 bits per heavy atom. The second-order valence-electron chi connectivity index (χ2n) is 8.75. The van der Waals surface area contributed by atoms with Gasteiger partial charge in [0.25, 0.3) is 11.8 Å². The lowest BCUT2D eigenvalue weighted by Crippen LogP contribution is -2.55. The van der Waals surface area contributed by atoms with E-state index in [0.29, 0.717) is 18.5 Å². The molecule has 32 heavy (non-hydrogen) atoms. The molecule has 0 spiro atoms. The molecule has 3 saturated heterocycles. The van der Waals surface area contributed by atoms with Crippen molar-refractivity contribution in [2.24, 2.45) is 0 Å². The molecule has 3 heterocycles. The smallest absolute Gasteiger partial charge is 0.341 e. The summed E-state index contributed by atoms with van der Waals surface area (Å²) in [5.41, 5.74) is 1.95. The van der Waals surface area contributed by atoms with Gasteiger partial charge in [-0.2, -0.15) is 5.01 Å². The fourth-order valence-electron chi connectivity index (χ4n) is 4.99. The van der Waals surface area contributed by atoms with Crippen LogP contribution in [0.4, 0.5) is 4.79 Å². The summed E-state index contributed by atoms with van der Waals surface area (Å²) in [4.78, 5) is 55.3. The van der Waals surface area contributed by atoms with Gasteiger partial charge in [-0.25, -0.2) is 4.79 Å². The largest absolute Gasteiger partial charge is 0.344 e. The predicted molar refractivity (Wildman–Crippen MR) is 117 cm³/mol. The quantitative estimate of drug-likeness (QED) is 0.649. The normalized spacial score (nSPS) is 26.3. The number of carbonyl (C=O) groups is 4. The molecule has 2 atom stereocenters. The van der Waals surface area contributed by atoms with Crippen molar-refractivity contribution in [2.75, 3.05) is 26.2 Å². The van der Waals surface area contributed by atoms with Crippen LogP contribution in [-0.2, 0) is 19.9 Å². The van der Waals surface area contributed by atoms with Crippen molar-refractivity contribution in [1.29, 1.82) is 0 Å². The zero-order valence-electron chi connectivity index (χ0n) is 18.5. The van der Waals surface area contributed by atoms with Crippen LogP contribution in [-0.4, -0.2) is 70.8 Å². The summed E-state index contributed by atoms with van der Waals surface area (Å²) in [5.74, 6) is -0.901. The number of rotatable bonds is 6. The molecule has 9 nitrogen and oxygen atoms in total. The molecule has 0 radical (unpaired) electrons. The van der Waals surface area contributed by atoms with Gasteiger partial charge in [-0.05, 0) is 44.2 Å². The summed E-state index contributed by atoms with van der Waals surface area (Å²) in [7, 11) is 0. The number of benzene rings is 1. The Morgan fingerprint density at radius 1 is 1.06 bits per heavy atom. The molecule has 1 aromatic carbocycles. The number of hydrogen-bond acceptors (Lipinski definition) is 5. The van der Waals surface area contributed by atoms with Crippen LogP contribution >= 0.6 is 0 Å². The molecular weight excluding hydrogens is 410 g/mol. The first-order valence-corrected chi connectivity index (χ1v) is 11.5. The van der Waals surface area contributed by atoms with Gasteiger partial charge in [0.15, 0.2) is 0 Å². The summed E-state index contributed by atoms with van der Waals surface area (Å²) in [6.45, 7) is 3.97. The zero-order valence-corrected chi connectivity index (χ0v) is 18.5. The van der Waals surface area contributed by atoms with E-state index in [9.17, 15) is 19.2 Å². The number of imide groups is 1. The molecule has 172 valence electrons. The summed E-state index contributed by atoms with van der Waals surface area (Å²) in [6.07, 6.45) is 4.97. The third kappa shape index (κ3) is 4.09. The average Bonchev–Trinajstić information content (AvgIpc) is 3.43. The highest BCUT2D eigenvalue weighted by Crippen LogP contribution is 2.31. The Kier molecular flexibility index (Phi) is 6.45. The van der Waals surface area contributed by atoms with E-state index in [0.717, 1.165) is 50.2 Å². The van der Waals surface area contributed by atoms with Crippen molar-refractivity contribution in [3.05, 3.63) is 35.9 Å². The van der Waals surface area contributed by atoms with E-state index in [1.54, 1.807) is 24.3 Å². The molecule has 3 fully saturated rings. The second-order valence-corrected chi connectivity index (χ2v) is 8.75. The molecule has 4 rings (SSSR count). The Labute approximate surface area is 188 Å². The molecule has 0 saturated carbocycles. The minimum atomic E-state index is -1.20. The van der Waals surface area contributed by atoms with Crippen LogP contribution in [0.1, 0.15) is 51.0 Å². The topological polar surface area (TPSA) is 102 Å². The Balaban J connectivity index is 1.43. The maximum atomic E-state index is 13.2. The maximum Gasteiger partial charge on any atom is 0.344 e. The Morgan fingerprint density at radius 3 is 2.44 bits per heavy atom. The first kappa shape index (κ1) is 22.3. The van der Waals surface area contributed by atoms with Gasteiger partial charge in [-0.1, -0.05) is 43.7 Å². The highest BCUT2D eigenvalue weighted by molar-refractivity contribution is 6.08. The van der Waals surface area contributed by atoms with Gasteiger partial charge in [0.1, 0.15) is 5.54 Å². The van der Waals surface area contributed by atoms with Crippen LogP contribution in [0.3, 0.4) is 0 Å². The van der Waals surface area contributed by atoms with Gasteiger partial charge in [-0.3, -0.25) is 24.7 Å². The number of nitrogens with zero attached hydrogens (tertiary/aromatic N) is 3. The highest BCUT2D eigenvalue weighted by Gasteiger charge is 2.52. The minimum Gasteiger partial charge on any atom is -0.341 e. The summed E-state index contributed by atoms with van der Waals surface area (Å²) in [6, 6.07) is 8.05. The molecule has 3 aliphatic rings. The van der Waals surface area contributed by atoms with Crippen LogP contribution in [0, 0.1) is 0 Å². The molecule has 3 aliphatic heterocycles. The Bertz CT molecular complexity index is 886. The number of carbonyl (C=O) groups excluding carboxylic acids is 4. The summed E-state index contributed by atoms with van der Waals surface area (Å²) >= 11 is 0. The SMILES string of the molecule is CCC1(c2ccccc2)NC(=O)N(NC(=O)CN2CCCCC2C(=O)N2CCCC2)C1=O. The van der Waals surface area contributed by atoms with Crippen LogP contribution in [0.25, 0.3) is 0 Å². The fourth-order valence-corrected chi connectivity index (χ4v) is 4.99. The molecule has 1 aromatic rings. The van der Waals surface area contributed by atoms with E-state index < -0.39 is 23.4 Å². The number of hydrogen-bond donors (Lipinski definition) is 2. The lowest BCUT2D eigenvalue weighted by Gasteiger charge is -2.36. The predicted octanol–water partition coefficient (Wildman–Crippen LogP) is 1.35. The molecule has 2 N–H and O–H groups in total. The fraction of sp³-hybridized carbons (Fsp3) is 0.565. The Hall–Kier alpha value is -2.94. The lowest BCUT2D eigenvalue weighted by atomic mass is 9.87. The number of hydrazine groups is 1. The first-order chi connectivity index (χ1) is 15.5. The first-order valence-electron chi connectivity index (χ1n) is 11.5. The van der Waals surface area contributed by atoms with E-state index in [4.69, 9.17) is 0 Å². The van der Waals surface area contributed by atoms with E-state index in [1.165, 1.54) is 0 Å². The number of urea groups is 1. The van der Waals surface area contributed by atoms with Crippen molar-refractivity contribution in [3.8, 4) is 0 Å². The summed E-state index contributed by atoms with van der Waals surface area (Å²) < 4.78 is 0. The molecule has 0 bridgehead atoms. The lowest BCUT2D eigenvalue weighted by molar-refractivity contribution is -0.142. The molecule has 9 heteroatoms. The van der Waals surface area contributed by atoms with Gasteiger partial charge in [0.05, 0.1) is 12.6 Å². The molecule has 0 aliphatic carbocycles. The molecule has 5 amide bonds. The van der Waals surface area contributed by atoms with Crippen LogP contribution in [0.2, 0.25) is 0 Å². The van der Waals surface area contributed by atoms with Gasteiger partial charge in [-0.15, -0.1) is 0 Å². The average molecular weight is 442 g/mol. The van der Waals surface area contributed by atoms with Gasteiger partial charge in [0, 0.05) is 13.1 Å². The standard InChI is InChI=1S/C23H31N5O4/c1-2-23(17-10-4-3-5-11-17)21(31)28(22(32)24-23)25-19(29)16-27-15-7-6-12-18(27)20(30)26-13-8-9-14-26/h3-5,10-11,18H,2,6-9,12-16H2,1H3,(H,24,32)(H,25,29). The zero-order chi connectivity index (χ0) is 22.7. The molecular formula is C23H31N5O4. The number of piperidine rings is 1. The van der Waals surface area contributed by atoms with Crippen molar-refractivity contribution >= 4 is 23.8 Å². The van der Waals surface area contributed by atoms with Crippen molar-refractivity contribution in [3.63, 3.8) is 0 Å². The minimum absolute atomic E-state index is 0.0359. The van der Waals surface area contributed by atoms with E-state index in [2.05, 4.69) is 10.7 Å². The second kappa shape index (κ2) is 9.28. The highest BCUT2D eigenvalue weighted by atomic mass is 16.2. The van der Waals surface area contributed by atoms with E-state index >= 15 is 0 Å². The van der Waals surface area contributed by atoms with Crippen LogP contribution in [0.5, 0.6) is 0 Å². The van der Waals surface area contributed by atoms with Crippen molar-refractivity contribution in [1.82, 2.24) is 25.6 Å². The maximum absolute atomic E-state index is 13.2. The van der Waals surface area contributed by atoms with Crippen molar-refractivity contribution in [2.45, 2.75) is 57.0 Å². The molecule has 0 aromatic heterocycles. The summed E-state index contributed by atoms with van der Waals surface area (Å²) in [5, 5.41) is 3.53. The van der Waals surface area contributed by atoms with E-state index in [1.807, 2.05) is 22.8 Å². The van der Waals surface area contributed by atoms with Gasteiger partial charge >= 0.3 is 6.03 Å². The van der Waals surface area contributed by atoms with Gasteiger partial charge in [0.2, 0.25) is 5.91 Å². The number of amides is 5. The third-order valence-corrected chi connectivity index (χ3v) is 6.79. The van der Waals surface area contributed by atoms with Crippen molar-refractivity contribution < 1.29 is 19.2 Å². The number of nitrogens with one attached hydrogen (secondary N) is 2. The van der Waals surface area contributed by atoms with E-state index in [-0.39, 0.29) is 18.5 Å². The van der Waals surface area contributed by atoms with Gasteiger partial charge < -0.3 is 10.2 Å². The monoisotopic (exact) mass is 441 g/mol. The number of likely N-dealkylation sites (tertiary alicyclic amines) is 2. The molecule has 2 unspecified atom stereocenters. The van der Waals surface area contributed by atoms with Crippen LogP contribution < -0.4 is 10.7 Å².